The average Bonchev–Trinajstić information content (AvgIpc) is 2.46. The Hall–Kier alpha value is -1.19. The summed E-state index contributed by atoms with van der Waals surface area (Å²) < 4.78 is 26.7. The van der Waals surface area contributed by atoms with Crippen molar-refractivity contribution >= 4 is 5.69 Å². The number of alkyl halides is 2. The summed E-state index contributed by atoms with van der Waals surface area (Å²) in [6, 6.07) is -1.09. The van der Waals surface area contributed by atoms with Crippen molar-refractivity contribution in [2.24, 2.45) is 0 Å². The van der Waals surface area contributed by atoms with E-state index >= 15 is 0 Å². The summed E-state index contributed by atoms with van der Waals surface area (Å²) in [5.41, 5.74) is 1.22. The van der Waals surface area contributed by atoms with Crippen LogP contribution in [0.3, 0.4) is 0 Å². The molecule has 0 amide bonds. The van der Waals surface area contributed by atoms with Gasteiger partial charge in [0.1, 0.15) is 0 Å². The average molecular weight is 197 g/mol. The normalized spacial score (nSPS) is 20.1. The Balaban J connectivity index is 2.36. The van der Waals surface area contributed by atoms with Crippen LogP contribution in [0.25, 0.3) is 0 Å². The molecule has 4 heteroatoms. The van der Waals surface area contributed by atoms with Crippen LogP contribution in [0.5, 0.6) is 0 Å². The van der Waals surface area contributed by atoms with E-state index in [1.54, 1.807) is 13.0 Å². The molecule has 1 radical (unpaired) electrons. The highest BCUT2D eigenvalue weighted by Gasteiger charge is 2.42. The minimum Gasteiger partial charge on any atom is -0.313 e. The summed E-state index contributed by atoms with van der Waals surface area (Å²) in [5.74, 6) is 0. The van der Waals surface area contributed by atoms with Gasteiger partial charge in [-0.05, 0) is 19.4 Å². The predicted molar refractivity (Wildman–Crippen MR) is 49.3 cm³/mol. The molecule has 0 aromatic carbocycles. The second kappa shape index (κ2) is 3.19. The molecule has 1 aliphatic heterocycles. The van der Waals surface area contributed by atoms with Gasteiger partial charge >= 0.3 is 6.05 Å². The minimum atomic E-state index is -2.71. The molecule has 0 saturated carbocycles. The molecule has 1 saturated heterocycles. The number of aryl methyl sites for hydroxylation is 1. The van der Waals surface area contributed by atoms with Gasteiger partial charge in [-0.15, -0.1) is 0 Å². The molecule has 0 aliphatic carbocycles. The molecule has 1 aliphatic rings. The molecule has 1 aromatic heterocycles. The zero-order valence-electron chi connectivity index (χ0n) is 7.93. The van der Waals surface area contributed by atoms with E-state index in [0.29, 0.717) is 24.2 Å². The van der Waals surface area contributed by atoms with Crippen molar-refractivity contribution in [3.63, 3.8) is 0 Å². The van der Waals surface area contributed by atoms with Crippen LogP contribution in [0.1, 0.15) is 18.4 Å². The van der Waals surface area contributed by atoms with Gasteiger partial charge in [-0.2, -0.15) is 8.78 Å². The summed E-state index contributed by atoms with van der Waals surface area (Å²) in [5, 5.41) is 0. The fraction of sp³-hybridized carbons (Fsp3) is 0.500. The van der Waals surface area contributed by atoms with E-state index in [4.69, 9.17) is 0 Å². The first-order valence-electron chi connectivity index (χ1n) is 4.60. The van der Waals surface area contributed by atoms with Gasteiger partial charge in [-0.3, -0.25) is 4.98 Å². The van der Waals surface area contributed by atoms with Gasteiger partial charge in [-0.1, -0.05) is 0 Å². The summed E-state index contributed by atoms with van der Waals surface area (Å²) in [6.07, 6.45) is 4.66. The number of hydrogen-bond donors (Lipinski definition) is 0. The third-order valence-electron chi connectivity index (χ3n) is 2.47. The molecule has 0 spiro atoms. The maximum Gasteiger partial charge on any atom is 0.325 e. The van der Waals surface area contributed by atoms with Crippen LogP contribution in [0.4, 0.5) is 14.5 Å². The Kier molecular flexibility index (Phi) is 2.13. The lowest BCUT2D eigenvalue weighted by Gasteiger charge is -2.26. The first-order chi connectivity index (χ1) is 6.61. The molecule has 1 fully saturated rings. The molecule has 0 bridgehead atoms. The van der Waals surface area contributed by atoms with E-state index in [0.717, 1.165) is 4.90 Å². The molecule has 14 heavy (non-hydrogen) atoms. The van der Waals surface area contributed by atoms with Crippen LogP contribution in [-0.4, -0.2) is 17.6 Å². The van der Waals surface area contributed by atoms with Crippen molar-refractivity contribution in [2.45, 2.75) is 25.8 Å². The second-order valence-electron chi connectivity index (χ2n) is 3.49. The Morgan fingerprint density at radius 3 is 2.93 bits per heavy atom. The molecule has 75 valence electrons. The summed E-state index contributed by atoms with van der Waals surface area (Å²) in [7, 11) is 0. The van der Waals surface area contributed by atoms with E-state index in [1.165, 1.54) is 6.20 Å². The number of rotatable bonds is 1. The Morgan fingerprint density at radius 2 is 2.36 bits per heavy atom. The van der Waals surface area contributed by atoms with Crippen molar-refractivity contribution in [1.29, 1.82) is 0 Å². The van der Waals surface area contributed by atoms with E-state index in [9.17, 15) is 8.78 Å². The summed E-state index contributed by atoms with van der Waals surface area (Å²) in [4.78, 5) is 4.91. The molecule has 0 atom stereocenters. The van der Waals surface area contributed by atoms with Gasteiger partial charge in [0.05, 0.1) is 6.20 Å². The van der Waals surface area contributed by atoms with E-state index in [-0.39, 0.29) is 6.42 Å². The van der Waals surface area contributed by atoms with Crippen LogP contribution in [0, 0.1) is 13.1 Å². The van der Waals surface area contributed by atoms with Crippen molar-refractivity contribution < 1.29 is 8.78 Å². The zero-order chi connectivity index (χ0) is 10.2. The lowest BCUT2D eigenvalue weighted by molar-refractivity contribution is 0.0129. The molecular weight excluding hydrogens is 186 g/mol. The van der Waals surface area contributed by atoms with Gasteiger partial charge in [0.15, 0.2) is 0 Å². The molecule has 0 N–H and O–H groups in total. The van der Waals surface area contributed by atoms with Crippen molar-refractivity contribution in [1.82, 2.24) is 4.98 Å². The van der Waals surface area contributed by atoms with Gasteiger partial charge in [0.25, 0.3) is 0 Å². The highest BCUT2D eigenvalue weighted by atomic mass is 19.3. The fourth-order valence-electron chi connectivity index (χ4n) is 1.76. The van der Waals surface area contributed by atoms with Crippen LogP contribution in [-0.2, 0) is 0 Å². The van der Waals surface area contributed by atoms with Crippen LogP contribution in [0.2, 0.25) is 0 Å². The number of nitrogens with zero attached hydrogens (tertiary/aromatic N) is 2. The SMILES string of the molecule is Cc1[c]nccc1N1CCCC1(F)F. The quantitative estimate of drug-likeness (QED) is 0.642. The number of hydrogen-bond acceptors (Lipinski definition) is 2. The smallest absolute Gasteiger partial charge is 0.313 e. The van der Waals surface area contributed by atoms with E-state index < -0.39 is 6.05 Å². The molecule has 2 rings (SSSR count). The highest BCUT2D eigenvalue weighted by molar-refractivity contribution is 5.53. The van der Waals surface area contributed by atoms with Crippen LogP contribution >= 0.6 is 0 Å². The topological polar surface area (TPSA) is 16.1 Å². The largest absolute Gasteiger partial charge is 0.325 e. The number of aromatic nitrogens is 1. The van der Waals surface area contributed by atoms with Gasteiger partial charge in [-0.25, -0.2) is 0 Å². The maximum atomic E-state index is 13.4. The highest BCUT2D eigenvalue weighted by Crippen LogP contribution is 2.37. The standard InChI is InChI=1S/C10H11F2N2/c1-8-7-13-5-3-9(8)14-6-2-4-10(14,11)12/h3,5H,2,4,6H2,1H3. The number of halogens is 2. The van der Waals surface area contributed by atoms with Crippen molar-refractivity contribution in [2.75, 3.05) is 11.4 Å². The van der Waals surface area contributed by atoms with Gasteiger partial charge in [0, 0.05) is 30.4 Å². The number of anilines is 1. The van der Waals surface area contributed by atoms with E-state index in [2.05, 4.69) is 11.2 Å². The Labute approximate surface area is 81.6 Å². The number of pyridine rings is 1. The van der Waals surface area contributed by atoms with Gasteiger partial charge in [0.2, 0.25) is 0 Å². The third-order valence-corrected chi connectivity index (χ3v) is 2.47. The summed E-state index contributed by atoms with van der Waals surface area (Å²) in [6.45, 7) is 2.16. The zero-order valence-corrected chi connectivity index (χ0v) is 7.93. The third kappa shape index (κ3) is 1.45. The van der Waals surface area contributed by atoms with Gasteiger partial charge < -0.3 is 4.90 Å². The first-order valence-corrected chi connectivity index (χ1v) is 4.60. The lowest BCUT2D eigenvalue weighted by Crippen LogP contribution is -2.35. The molecular formula is C10H11F2N2. The maximum absolute atomic E-state index is 13.4. The van der Waals surface area contributed by atoms with Crippen molar-refractivity contribution in [3.8, 4) is 0 Å². The molecule has 1 aromatic rings. The minimum absolute atomic E-state index is 0.0608. The Morgan fingerprint density at radius 1 is 1.57 bits per heavy atom. The monoisotopic (exact) mass is 197 g/mol. The summed E-state index contributed by atoms with van der Waals surface area (Å²) >= 11 is 0. The van der Waals surface area contributed by atoms with Crippen molar-refractivity contribution in [3.05, 3.63) is 24.0 Å². The molecule has 0 unspecified atom stereocenters. The molecule has 2 nitrogen and oxygen atoms in total. The van der Waals surface area contributed by atoms with Crippen LogP contribution < -0.4 is 4.90 Å². The van der Waals surface area contributed by atoms with E-state index in [1.807, 2.05) is 0 Å². The second-order valence-corrected chi connectivity index (χ2v) is 3.49. The fourth-order valence-corrected chi connectivity index (χ4v) is 1.76. The van der Waals surface area contributed by atoms with Crippen LogP contribution in [0.15, 0.2) is 12.3 Å². The first kappa shape index (κ1) is 9.37. The molecule has 2 heterocycles. The lowest BCUT2D eigenvalue weighted by atomic mass is 10.2. The predicted octanol–water partition coefficient (Wildman–Crippen LogP) is 2.38. The Bertz CT molecular complexity index is 339.